The van der Waals surface area contributed by atoms with Crippen LogP contribution in [0.5, 0.6) is 0 Å². The molecule has 6 nitrogen and oxygen atoms in total. The number of fused-ring (bicyclic) bond motifs is 1. The van der Waals surface area contributed by atoms with Gasteiger partial charge in [0.15, 0.2) is 17.7 Å². The van der Waals surface area contributed by atoms with Crippen molar-refractivity contribution in [2.45, 2.75) is 0 Å². The van der Waals surface area contributed by atoms with Gasteiger partial charge in [0.25, 0.3) is 0 Å². The molecule has 0 atom stereocenters. The highest BCUT2D eigenvalue weighted by Crippen LogP contribution is 2.21. The first kappa shape index (κ1) is 14.9. The lowest BCUT2D eigenvalue weighted by atomic mass is 10.1. The summed E-state index contributed by atoms with van der Waals surface area (Å²) < 4.78 is 10.8. The maximum Gasteiger partial charge on any atom is 0.248 e. The Labute approximate surface area is 142 Å². The van der Waals surface area contributed by atoms with Gasteiger partial charge in [-0.15, -0.1) is 0 Å². The Kier molecular flexibility index (Phi) is 3.84. The van der Waals surface area contributed by atoms with Gasteiger partial charge in [0.2, 0.25) is 11.8 Å². The smallest absolute Gasteiger partial charge is 0.248 e. The molecule has 0 radical (unpaired) electrons. The summed E-state index contributed by atoms with van der Waals surface area (Å²) >= 11 is 0. The number of oxazole rings is 2. The summed E-state index contributed by atoms with van der Waals surface area (Å²) in [6.45, 7) is 0. The molecule has 2 aromatic carbocycles. The van der Waals surface area contributed by atoms with Gasteiger partial charge in [-0.05, 0) is 36.4 Å². The summed E-state index contributed by atoms with van der Waals surface area (Å²) in [5.74, 6) is 0.792. The molecule has 0 saturated heterocycles. The summed E-state index contributed by atoms with van der Waals surface area (Å²) in [4.78, 5) is 20.2. The van der Waals surface area contributed by atoms with Crippen LogP contribution in [-0.4, -0.2) is 15.9 Å². The molecule has 0 aliphatic rings. The highest BCUT2D eigenvalue weighted by Gasteiger charge is 2.04. The van der Waals surface area contributed by atoms with E-state index in [1.807, 2.05) is 36.4 Å². The number of carbonyl (C=O) groups excluding carboxylic acids is 1. The van der Waals surface area contributed by atoms with Crippen LogP contribution in [-0.2, 0) is 4.79 Å². The Morgan fingerprint density at radius 1 is 1.08 bits per heavy atom. The highest BCUT2D eigenvalue weighted by atomic mass is 16.3. The van der Waals surface area contributed by atoms with E-state index in [2.05, 4.69) is 15.3 Å². The zero-order valence-electron chi connectivity index (χ0n) is 13.0. The summed E-state index contributed by atoms with van der Waals surface area (Å²) in [7, 11) is 0. The Balaban J connectivity index is 1.43. The second-order valence-corrected chi connectivity index (χ2v) is 5.29. The Bertz CT molecular complexity index is 998. The van der Waals surface area contributed by atoms with Crippen LogP contribution in [0.2, 0.25) is 0 Å². The molecule has 2 aromatic heterocycles. The fourth-order valence-electron chi connectivity index (χ4n) is 2.37. The van der Waals surface area contributed by atoms with Crippen LogP contribution in [0.1, 0.15) is 5.89 Å². The van der Waals surface area contributed by atoms with Gasteiger partial charge in [0.05, 0.1) is 6.20 Å². The molecule has 4 rings (SSSR count). The zero-order valence-corrected chi connectivity index (χ0v) is 13.0. The van der Waals surface area contributed by atoms with Crippen LogP contribution in [0.25, 0.3) is 28.5 Å². The summed E-state index contributed by atoms with van der Waals surface area (Å²) in [5.41, 5.74) is 3.00. The van der Waals surface area contributed by atoms with Crippen molar-refractivity contribution < 1.29 is 13.6 Å². The number of para-hydroxylation sites is 2. The number of anilines is 1. The summed E-state index contributed by atoms with van der Waals surface area (Å²) in [6, 6.07) is 14.7. The van der Waals surface area contributed by atoms with Crippen molar-refractivity contribution in [2.24, 2.45) is 0 Å². The largest absolute Gasteiger partial charge is 0.444 e. The molecular formula is C19H13N3O3. The van der Waals surface area contributed by atoms with Crippen LogP contribution in [0, 0.1) is 0 Å². The fourth-order valence-corrected chi connectivity index (χ4v) is 2.37. The van der Waals surface area contributed by atoms with Crippen LogP contribution in [0.15, 0.2) is 76.0 Å². The minimum Gasteiger partial charge on any atom is -0.444 e. The first-order valence-corrected chi connectivity index (χ1v) is 7.61. The molecule has 1 N–H and O–H groups in total. The number of hydrogen-bond acceptors (Lipinski definition) is 5. The van der Waals surface area contributed by atoms with Crippen molar-refractivity contribution in [2.75, 3.05) is 5.32 Å². The number of hydrogen-bond donors (Lipinski definition) is 1. The van der Waals surface area contributed by atoms with E-state index in [0.717, 1.165) is 11.1 Å². The third-order valence-electron chi connectivity index (χ3n) is 3.56. The van der Waals surface area contributed by atoms with Crippen molar-refractivity contribution in [3.05, 3.63) is 73.1 Å². The van der Waals surface area contributed by atoms with E-state index in [-0.39, 0.29) is 5.91 Å². The van der Waals surface area contributed by atoms with Gasteiger partial charge in [-0.3, -0.25) is 4.79 Å². The van der Waals surface area contributed by atoms with E-state index in [4.69, 9.17) is 8.83 Å². The highest BCUT2D eigenvalue weighted by molar-refractivity contribution is 6.01. The van der Waals surface area contributed by atoms with Crippen molar-refractivity contribution in [1.82, 2.24) is 9.97 Å². The van der Waals surface area contributed by atoms with Crippen LogP contribution < -0.4 is 5.32 Å². The average molecular weight is 331 g/mol. The van der Waals surface area contributed by atoms with E-state index in [1.165, 1.54) is 18.5 Å². The van der Waals surface area contributed by atoms with E-state index in [0.29, 0.717) is 22.9 Å². The molecule has 0 unspecified atom stereocenters. The first-order valence-electron chi connectivity index (χ1n) is 7.61. The average Bonchev–Trinajstić information content (AvgIpc) is 3.30. The van der Waals surface area contributed by atoms with Gasteiger partial charge in [-0.1, -0.05) is 12.1 Å². The van der Waals surface area contributed by atoms with E-state index in [9.17, 15) is 4.79 Å². The lowest BCUT2D eigenvalue weighted by Gasteiger charge is -2.02. The Morgan fingerprint density at radius 3 is 2.68 bits per heavy atom. The summed E-state index contributed by atoms with van der Waals surface area (Å²) in [5, 5.41) is 2.78. The number of aromatic nitrogens is 2. The van der Waals surface area contributed by atoms with Gasteiger partial charge in [0, 0.05) is 23.4 Å². The molecule has 2 heterocycles. The minimum absolute atomic E-state index is 0.269. The molecule has 6 heteroatoms. The van der Waals surface area contributed by atoms with Crippen LogP contribution in [0.4, 0.5) is 5.69 Å². The summed E-state index contributed by atoms with van der Waals surface area (Å²) in [6.07, 6.45) is 5.94. The van der Waals surface area contributed by atoms with Crippen molar-refractivity contribution in [1.29, 1.82) is 0 Å². The van der Waals surface area contributed by atoms with E-state index >= 15 is 0 Å². The minimum atomic E-state index is -0.269. The number of nitrogens with zero attached hydrogens (tertiary/aromatic N) is 2. The second-order valence-electron chi connectivity index (χ2n) is 5.29. The van der Waals surface area contributed by atoms with Gasteiger partial charge >= 0.3 is 0 Å². The van der Waals surface area contributed by atoms with E-state index in [1.54, 1.807) is 18.3 Å². The van der Waals surface area contributed by atoms with Gasteiger partial charge < -0.3 is 14.2 Å². The Morgan fingerprint density at radius 2 is 1.92 bits per heavy atom. The molecule has 25 heavy (non-hydrogen) atoms. The lowest BCUT2D eigenvalue weighted by molar-refractivity contribution is -0.111. The number of carbonyl (C=O) groups is 1. The molecular weight excluding hydrogens is 318 g/mol. The predicted octanol–water partition coefficient (Wildman–Crippen LogP) is 4.13. The SMILES string of the molecule is O=C(C=Cc1nc2ccccc2o1)Nc1ccc(-c2cnco2)cc1. The molecule has 0 saturated carbocycles. The number of benzene rings is 2. The molecule has 0 spiro atoms. The maximum atomic E-state index is 12.0. The van der Waals surface area contributed by atoms with Crippen molar-refractivity contribution in [3.8, 4) is 11.3 Å². The second kappa shape index (κ2) is 6.45. The standard InChI is InChI=1S/C19H13N3O3/c23-18(9-10-19-22-15-3-1-2-4-16(15)25-19)21-14-7-5-13(6-8-14)17-11-20-12-24-17/h1-12H,(H,21,23). The Hall–Kier alpha value is -3.67. The number of nitrogens with one attached hydrogen (secondary N) is 1. The molecule has 0 fully saturated rings. The zero-order chi connectivity index (χ0) is 17.1. The maximum absolute atomic E-state index is 12.0. The molecule has 0 bridgehead atoms. The van der Waals surface area contributed by atoms with Gasteiger partial charge in [-0.25, -0.2) is 9.97 Å². The van der Waals surface area contributed by atoms with Crippen molar-refractivity contribution >= 4 is 28.8 Å². The third-order valence-corrected chi connectivity index (χ3v) is 3.56. The number of amides is 1. The van der Waals surface area contributed by atoms with E-state index < -0.39 is 0 Å². The van der Waals surface area contributed by atoms with Crippen LogP contribution in [0.3, 0.4) is 0 Å². The fraction of sp³-hybridized carbons (Fsp3) is 0. The monoisotopic (exact) mass is 331 g/mol. The van der Waals surface area contributed by atoms with Gasteiger partial charge in [0.1, 0.15) is 5.52 Å². The predicted molar refractivity (Wildman–Crippen MR) is 93.6 cm³/mol. The quantitative estimate of drug-likeness (QED) is 0.569. The van der Waals surface area contributed by atoms with Crippen LogP contribution >= 0.6 is 0 Å². The molecule has 122 valence electrons. The molecule has 0 aliphatic carbocycles. The molecule has 4 aromatic rings. The normalized spacial score (nSPS) is 11.2. The lowest BCUT2D eigenvalue weighted by Crippen LogP contribution is -2.07. The molecule has 1 amide bonds. The third kappa shape index (κ3) is 3.32. The molecule has 0 aliphatic heterocycles. The van der Waals surface area contributed by atoms with Gasteiger partial charge in [-0.2, -0.15) is 0 Å². The topological polar surface area (TPSA) is 81.2 Å². The van der Waals surface area contributed by atoms with Crippen molar-refractivity contribution in [3.63, 3.8) is 0 Å². The first-order chi connectivity index (χ1) is 12.3. The number of rotatable bonds is 4.